The van der Waals surface area contributed by atoms with Crippen molar-refractivity contribution in [2.45, 2.75) is 57.2 Å². The van der Waals surface area contributed by atoms with Gasteiger partial charge in [-0.3, -0.25) is 14.9 Å². The van der Waals surface area contributed by atoms with Gasteiger partial charge in [0.2, 0.25) is 11.8 Å². The summed E-state index contributed by atoms with van der Waals surface area (Å²) in [5, 5.41) is 31.2. The summed E-state index contributed by atoms with van der Waals surface area (Å²) >= 11 is 6.25. The van der Waals surface area contributed by atoms with Crippen LogP contribution < -0.4 is 16.0 Å². The van der Waals surface area contributed by atoms with Crippen LogP contribution in [-0.2, 0) is 14.3 Å². The molecule has 0 radical (unpaired) electrons. The first kappa shape index (κ1) is 33.6. The van der Waals surface area contributed by atoms with Gasteiger partial charge in [0.1, 0.15) is 18.2 Å². The number of nitrogens with one attached hydrogen (secondary N) is 4. The van der Waals surface area contributed by atoms with Gasteiger partial charge in [-0.2, -0.15) is 4.68 Å². The van der Waals surface area contributed by atoms with Gasteiger partial charge in [-0.1, -0.05) is 24.4 Å². The van der Waals surface area contributed by atoms with E-state index >= 15 is 0 Å². The van der Waals surface area contributed by atoms with Gasteiger partial charge in [0.05, 0.1) is 30.6 Å². The molecule has 1 fully saturated rings. The number of aromatic amines is 1. The van der Waals surface area contributed by atoms with Crippen LogP contribution >= 0.6 is 11.6 Å². The van der Waals surface area contributed by atoms with Crippen LogP contribution in [-0.4, -0.2) is 90.4 Å². The molecule has 2 bridgehead atoms. The van der Waals surface area contributed by atoms with Crippen molar-refractivity contribution in [2.24, 2.45) is 0 Å². The highest BCUT2D eigenvalue weighted by Gasteiger charge is 2.31. The number of benzene rings is 2. The van der Waals surface area contributed by atoms with Gasteiger partial charge in [0, 0.05) is 52.4 Å². The van der Waals surface area contributed by atoms with Gasteiger partial charge >= 0.3 is 6.09 Å². The molecule has 1 saturated heterocycles. The van der Waals surface area contributed by atoms with Crippen molar-refractivity contribution in [3.8, 4) is 16.9 Å². The SMILES string of the molecule is COC(=O)Nc1ccc2c(c1)N[C@@H](C(=O)N1CC[C@@H](O)C1)CCCC[C@H](NC(=O)/C=C/c1cc(Cl)ccc1-n1cnnn1)c1nc-2c(C)[nH]1. The molecule has 3 amide bonds. The van der Waals surface area contributed by atoms with Crippen LogP contribution in [0.3, 0.4) is 0 Å². The molecule has 49 heavy (non-hydrogen) atoms. The predicted octanol–water partition coefficient (Wildman–Crippen LogP) is 4.01. The van der Waals surface area contributed by atoms with Gasteiger partial charge in [-0.25, -0.2) is 9.78 Å². The lowest BCUT2D eigenvalue weighted by atomic mass is 10.0. The molecule has 256 valence electrons. The molecule has 2 aromatic heterocycles. The normalized spacial score (nSPS) is 19.3. The number of anilines is 2. The highest BCUT2D eigenvalue weighted by molar-refractivity contribution is 6.30. The van der Waals surface area contributed by atoms with Crippen molar-refractivity contribution >= 4 is 47.0 Å². The highest BCUT2D eigenvalue weighted by Crippen LogP contribution is 2.35. The summed E-state index contributed by atoms with van der Waals surface area (Å²) in [5.41, 5.74) is 4.47. The van der Waals surface area contributed by atoms with E-state index in [2.05, 4.69) is 36.5 Å². The number of imidazole rings is 1. The lowest BCUT2D eigenvalue weighted by Crippen LogP contribution is -2.42. The molecule has 6 rings (SSSR count). The molecule has 15 nitrogen and oxygen atoms in total. The first-order valence-corrected chi connectivity index (χ1v) is 16.4. The second kappa shape index (κ2) is 14.9. The molecular weight excluding hydrogens is 652 g/mol. The summed E-state index contributed by atoms with van der Waals surface area (Å²) in [4.78, 5) is 49.1. The van der Waals surface area contributed by atoms with E-state index in [0.717, 1.165) is 5.69 Å². The van der Waals surface area contributed by atoms with E-state index in [1.807, 2.05) is 13.0 Å². The number of likely N-dealkylation sites (tertiary alicyclic amines) is 1. The Kier molecular flexibility index (Phi) is 10.2. The fourth-order valence-electron chi connectivity index (χ4n) is 6.13. The van der Waals surface area contributed by atoms with E-state index in [4.69, 9.17) is 21.3 Å². The van der Waals surface area contributed by atoms with E-state index in [1.54, 1.807) is 41.3 Å². The average molecular weight is 689 g/mol. The van der Waals surface area contributed by atoms with Gasteiger partial charge in [-0.05, 0) is 79.1 Å². The Morgan fingerprint density at radius 3 is 2.71 bits per heavy atom. The Bertz CT molecular complexity index is 1860. The van der Waals surface area contributed by atoms with Crippen molar-refractivity contribution in [2.75, 3.05) is 30.8 Å². The smallest absolute Gasteiger partial charge is 0.411 e. The molecule has 0 spiro atoms. The van der Waals surface area contributed by atoms with Gasteiger partial charge in [0.15, 0.2) is 0 Å². The summed E-state index contributed by atoms with van der Waals surface area (Å²) in [7, 11) is 1.28. The molecule has 0 unspecified atom stereocenters. The Morgan fingerprint density at radius 2 is 1.96 bits per heavy atom. The van der Waals surface area contributed by atoms with E-state index in [1.165, 1.54) is 24.2 Å². The van der Waals surface area contributed by atoms with Crippen LogP contribution in [0.2, 0.25) is 5.02 Å². The number of aliphatic hydroxyl groups excluding tert-OH is 1. The van der Waals surface area contributed by atoms with Crippen molar-refractivity contribution in [1.29, 1.82) is 0 Å². The molecule has 0 saturated carbocycles. The number of β-amino-alcohol motifs (C(OH)–C–C–N with tert-alkyl or cyclic N) is 1. The van der Waals surface area contributed by atoms with Crippen molar-refractivity contribution < 1.29 is 24.2 Å². The third kappa shape index (κ3) is 7.90. The first-order valence-electron chi connectivity index (χ1n) is 16.0. The second-order valence-corrected chi connectivity index (χ2v) is 12.5. The highest BCUT2D eigenvalue weighted by atomic mass is 35.5. The van der Waals surface area contributed by atoms with Gasteiger partial charge < -0.3 is 30.4 Å². The predicted molar refractivity (Wildman–Crippen MR) is 182 cm³/mol. The standard InChI is InChI=1S/C33H37ClN10O5/c1-19-30-24-10-9-22(37-33(48)49-2)16-27(24)38-26(32(47)43-14-13-23(45)17-43)6-4-3-5-25(31(36-19)40-30)39-29(46)12-7-20-15-21(34)8-11-28(20)44-18-35-41-42-44/h7-12,15-16,18,23,25-26,38,45H,3-6,13-14,17H2,1-2H3,(H,36,40)(H,37,48)(H,39,46)/b12-7+/t23-,25+,26-/m1/s1. The molecule has 2 aliphatic heterocycles. The van der Waals surface area contributed by atoms with Crippen molar-refractivity contribution in [3.63, 3.8) is 0 Å². The van der Waals surface area contributed by atoms with Crippen LogP contribution in [0, 0.1) is 6.92 Å². The van der Waals surface area contributed by atoms with E-state index in [0.29, 0.717) is 83.4 Å². The number of nitrogens with zero attached hydrogens (tertiary/aromatic N) is 6. The topological polar surface area (TPSA) is 192 Å². The largest absolute Gasteiger partial charge is 0.453 e. The van der Waals surface area contributed by atoms with Crippen LogP contribution in [0.25, 0.3) is 23.0 Å². The zero-order chi connectivity index (χ0) is 34.5. The van der Waals surface area contributed by atoms with Crippen LogP contribution in [0.1, 0.15) is 55.2 Å². The maximum absolute atomic E-state index is 13.7. The number of carbonyl (C=O) groups is 3. The minimum absolute atomic E-state index is 0.109. The zero-order valence-electron chi connectivity index (χ0n) is 27.0. The Labute approximate surface area is 287 Å². The lowest BCUT2D eigenvalue weighted by Gasteiger charge is -2.27. The number of ether oxygens (including phenoxy) is 1. The number of hydrogen-bond acceptors (Lipinski definition) is 10. The molecule has 4 heterocycles. The van der Waals surface area contributed by atoms with Crippen molar-refractivity contribution in [1.82, 2.24) is 40.4 Å². The molecule has 0 aliphatic carbocycles. The summed E-state index contributed by atoms with van der Waals surface area (Å²) in [6.07, 6.45) is 6.33. The number of tetrazole rings is 1. The van der Waals surface area contributed by atoms with E-state index in [-0.39, 0.29) is 18.4 Å². The molecule has 2 aromatic carbocycles. The summed E-state index contributed by atoms with van der Waals surface area (Å²) in [5.74, 6) is 0.146. The molecule has 3 atom stereocenters. The van der Waals surface area contributed by atoms with Crippen LogP contribution in [0.15, 0.2) is 48.8 Å². The Balaban J connectivity index is 1.30. The minimum atomic E-state index is -0.625. The zero-order valence-corrected chi connectivity index (χ0v) is 27.8. The number of fused-ring (bicyclic) bond motifs is 4. The van der Waals surface area contributed by atoms with Crippen LogP contribution in [0.5, 0.6) is 0 Å². The molecule has 4 aromatic rings. The second-order valence-electron chi connectivity index (χ2n) is 12.0. The fourth-order valence-corrected chi connectivity index (χ4v) is 6.31. The quantitative estimate of drug-likeness (QED) is 0.185. The molecule has 16 heteroatoms. The third-order valence-electron chi connectivity index (χ3n) is 8.59. The number of hydrogen-bond donors (Lipinski definition) is 5. The van der Waals surface area contributed by atoms with Crippen molar-refractivity contribution in [3.05, 3.63) is 70.9 Å². The number of amides is 3. The number of aromatic nitrogens is 6. The number of H-pyrrole nitrogens is 1. The number of aliphatic hydroxyl groups is 1. The molecule has 2 aliphatic rings. The summed E-state index contributed by atoms with van der Waals surface area (Å²) in [6.45, 7) is 2.65. The number of aryl methyl sites for hydroxylation is 1. The lowest BCUT2D eigenvalue weighted by molar-refractivity contribution is -0.131. The maximum Gasteiger partial charge on any atom is 0.411 e. The molecule has 5 N–H and O–H groups in total. The Morgan fingerprint density at radius 1 is 1.12 bits per heavy atom. The monoisotopic (exact) mass is 688 g/mol. The number of carbonyl (C=O) groups excluding carboxylic acids is 3. The first-order chi connectivity index (χ1) is 23.7. The Hall–Kier alpha value is -5.28. The van der Waals surface area contributed by atoms with E-state index < -0.39 is 24.3 Å². The minimum Gasteiger partial charge on any atom is -0.453 e. The van der Waals surface area contributed by atoms with Crippen LogP contribution in [0.4, 0.5) is 16.2 Å². The number of methoxy groups -OCH3 is 1. The van der Waals surface area contributed by atoms with Gasteiger partial charge in [-0.15, -0.1) is 5.10 Å². The third-order valence-corrected chi connectivity index (χ3v) is 8.83. The number of halogens is 1. The summed E-state index contributed by atoms with van der Waals surface area (Å²) < 4.78 is 6.26. The summed E-state index contributed by atoms with van der Waals surface area (Å²) in [6, 6.07) is 9.44. The average Bonchev–Trinajstić information content (AvgIpc) is 3.86. The number of rotatable bonds is 6. The molecular formula is C33H37ClN10O5. The van der Waals surface area contributed by atoms with E-state index in [9.17, 15) is 19.5 Å². The maximum atomic E-state index is 13.7. The fraction of sp³-hybridized carbons (Fsp3) is 0.364. The van der Waals surface area contributed by atoms with Gasteiger partial charge in [0.25, 0.3) is 0 Å².